The minimum atomic E-state index is -2.99. The second kappa shape index (κ2) is 4.04. The van der Waals surface area contributed by atoms with E-state index in [2.05, 4.69) is 5.10 Å². The molecule has 0 spiro atoms. The highest BCUT2D eigenvalue weighted by Crippen LogP contribution is 2.15. The number of halogens is 3. The Morgan fingerprint density at radius 1 is 1.69 bits per heavy atom. The molecule has 8 heteroatoms. The molecule has 0 amide bonds. The second-order valence-corrected chi connectivity index (χ2v) is 1.98. The molecule has 0 unspecified atom stereocenters. The second-order valence-electron chi connectivity index (χ2n) is 1.98. The van der Waals surface area contributed by atoms with Crippen molar-refractivity contribution in [3.63, 3.8) is 0 Å². The number of anilines is 1. The summed E-state index contributed by atoms with van der Waals surface area (Å²) in [6, 6.07) is 0.870. The van der Waals surface area contributed by atoms with Gasteiger partial charge in [-0.2, -0.15) is 13.5 Å². The van der Waals surface area contributed by atoms with Gasteiger partial charge < -0.3 is 10.8 Å². The SMILES string of the molecule is Cl.Nc1cc(C(=O)O)n(C(F)F)n1. The van der Waals surface area contributed by atoms with E-state index >= 15 is 0 Å². The van der Waals surface area contributed by atoms with Gasteiger partial charge in [0.05, 0.1) is 0 Å². The third-order valence-electron chi connectivity index (χ3n) is 1.16. The number of hydrogen-bond acceptors (Lipinski definition) is 3. The van der Waals surface area contributed by atoms with Gasteiger partial charge in [-0.05, 0) is 0 Å². The van der Waals surface area contributed by atoms with Gasteiger partial charge in [0.15, 0.2) is 5.69 Å². The monoisotopic (exact) mass is 213 g/mol. The van der Waals surface area contributed by atoms with Crippen molar-refractivity contribution in [2.45, 2.75) is 6.55 Å². The van der Waals surface area contributed by atoms with E-state index in [-0.39, 0.29) is 22.9 Å². The fourth-order valence-electron chi connectivity index (χ4n) is 0.722. The third-order valence-corrected chi connectivity index (χ3v) is 1.16. The average Bonchev–Trinajstić information content (AvgIpc) is 2.31. The lowest BCUT2D eigenvalue weighted by Gasteiger charge is -1.99. The predicted octanol–water partition coefficient (Wildman–Crippen LogP) is 0.980. The van der Waals surface area contributed by atoms with Crippen LogP contribution in [-0.2, 0) is 0 Å². The summed E-state index contributed by atoms with van der Waals surface area (Å²) in [6.07, 6.45) is 0. The predicted molar refractivity (Wildman–Crippen MR) is 42.1 cm³/mol. The molecule has 0 fully saturated rings. The van der Waals surface area contributed by atoms with E-state index in [4.69, 9.17) is 10.8 Å². The first-order valence-electron chi connectivity index (χ1n) is 2.89. The van der Waals surface area contributed by atoms with E-state index in [9.17, 15) is 13.6 Å². The summed E-state index contributed by atoms with van der Waals surface area (Å²) in [5, 5.41) is 11.5. The summed E-state index contributed by atoms with van der Waals surface area (Å²) in [7, 11) is 0. The minimum absolute atomic E-state index is 0. The Kier molecular flexibility index (Phi) is 3.61. The van der Waals surface area contributed by atoms with Gasteiger partial charge in [-0.25, -0.2) is 4.79 Å². The van der Waals surface area contributed by atoms with Crippen molar-refractivity contribution in [1.82, 2.24) is 9.78 Å². The largest absolute Gasteiger partial charge is 0.477 e. The zero-order valence-corrected chi connectivity index (χ0v) is 6.96. The molecule has 1 aromatic heterocycles. The van der Waals surface area contributed by atoms with Crippen molar-refractivity contribution in [2.75, 3.05) is 5.73 Å². The molecule has 0 aliphatic rings. The molecule has 0 aliphatic heterocycles. The van der Waals surface area contributed by atoms with Crippen LogP contribution in [0.25, 0.3) is 0 Å². The Morgan fingerprint density at radius 3 is 2.54 bits per heavy atom. The molecular weight excluding hydrogens is 208 g/mol. The molecule has 0 radical (unpaired) electrons. The van der Waals surface area contributed by atoms with E-state index in [1.54, 1.807) is 0 Å². The summed E-state index contributed by atoms with van der Waals surface area (Å²) < 4.78 is 24.0. The number of hydrogen-bond donors (Lipinski definition) is 2. The van der Waals surface area contributed by atoms with Gasteiger partial charge in [0.1, 0.15) is 5.82 Å². The summed E-state index contributed by atoms with van der Waals surface area (Å²) in [6.45, 7) is -2.99. The van der Waals surface area contributed by atoms with Crippen LogP contribution in [0, 0.1) is 0 Å². The number of aromatic carboxylic acids is 1. The Balaban J connectivity index is 0.00000144. The van der Waals surface area contributed by atoms with Gasteiger partial charge in [0, 0.05) is 6.07 Å². The molecule has 1 heterocycles. The standard InChI is InChI=1S/C5H5F2N3O2.ClH/c6-5(7)10-2(4(11)12)1-3(8)9-10;/h1,5H,(H2,8,9)(H,11,12);1H. The highest BCUT2D eigenvalue weighted by atomic mass is 35.5. The van der Waals surface area contributed by atoms with Crippen LogP contribution in [-0.4, -0.2) is 20.9 Å². The van der Waals surface area contributed by atoms with Gasteiger partial charge in [0.2, 0.25) is 0 Å². The number of carbonyl (C=O) groups is 1. The quantitative estimate of drug-likeness (QED) is 0.767. The maximum Gasteiger partial charge on any atom is 0.354 e. The van der Waals surface area contributed by atoms with Crippen molar-refractivity contribution >= 4 is 24.2 Å². The number of nitrogen functional groups attached to an aromatic ring is 1. The molecule has 0 atom stereocenters. The fraction of sp³-hybridized carbons (Fsp3) is 0.200. The van der Waals surface area contributed by atoms with Crippen LogP contribution in [0.4, 0.5) is 14.6 Å². The number of carboxylic acids is 1. The van der Waals surface area contributed by atoms with E-state index in [1.165, 1.54) is 0 Å². The Morgan fingerprint density at radius 2 is 2.23 bits per heavy atom. The summed E-state index contributed by atoms with van der Waals surface area (Å²) in [5.74, 6) is -1.73. The van der Waals surface area contributed by atoms with Crippen LogP contribution in [0.2, 0.25) is 0 Å². The lowest BCUT2D eigenvalue weighted by molar-refractivity contribution is 0.0441. The molecule has 0 saturated heterocycles. The van der Waals surface area contributed by atoms with E-state index in [0.717, 1.165) is 6.07 Å². The highest BCUT2D eigenvalue weighted by molar-refractivity contribution is 5.86. The molecule has 0 bridgehead atoms. The summed E-state index contributed by atoms with van der Waals surface area (Å²) in [5.41, 5.74) is 4.40. The Hall–Kier alpha value is -1.37. The molecule has 1 aromatic rings. The summed E-state index contributed by atoms with van der Waals surface area (Å²) >= 11 is 0. The van der Waals surface area contributed by atoms with Crippen molar-refractivity contribution in [3.05, 3.63) is 11.8 Å². The average molecular weight is 214 g/mol. The normalized spacial score (nSPS) is 9.77. The van der Waals surface area contributed by atoms with Gasteiger partial charge in [-0.1, -0.05) is 0 Å². The zero-order chi connectivity index (χ0) is 9.30. The number of carboxylic acid groups (broad SMARTS) is 1. The first-order chi connectivity index (χ1) is 5.52. The molecular formula is C5H6ClF2N3O2. The van der Waals surface area contributed by atoms with Crippen molar-refractivity contribution < 1.29 is 18.7 Å². The van der Waals surface area contributed by atoms with Crippen LogP contribution < -0.4 is 5.73 Å². The summed E-state index contributed by atoms with van der Waals surface area (Å²) in [4.78, 5) is 10.3. The van der Waals surface area contributed by atoms with Crippen molar-refractivity contribution in [3.8, 4) is 0 Å². The van der Waals surface area contributed by atoms with Crippen LogP contribution in [0.5, 0.6) is 0 Å². The fourth-order valence-corrected chi connectivity index (χ4v) is 0.722. The highest BCUT2D eigenvalue weighted by Gasteiger charge is 2.18. The van der Waals surface area contributed by atoms with Crippen LogP contribution in [0.15, 0.2) is 6.07 Å². The Labute approximate surface area is 77.5 Å². The van der Waals surface area contributed by atoms with Crippen LogP contribution in [0.1, 0.15) is 17.0 Å². The number of nitrogens with two attached hydrogens (primary N) is 1. The molecule has 1 rings (SSSR count). The number of alkyl halides is 2. The maximum atomic E-state index is 12.0. The first-order valence-corrected chi connectivity index (χ1v) is 2.89. The lowest BCUT2D eigenvalue weighted by atomic mass is 10.4. The number of nitrogens with zero attached hydrogens (tertiary/aromatic N) is 2. The van der Waals surface area contributed by atoms with E-state index in [0.29, 0.717) is 0 Å². The lowest BCUT2D eigenvalue weighted by Crippen LogP contribution is -2.10. The maximum absolute atomic E-state index is 12.0. The first kappa shape index (κ1) is 11.6. The van der Waals surface area contributed by atoms with Gasteiger partial charge in [-0.3, -0.25) is 0 Å². The van der Waals surface area contributed by atoms with Gasteiger partial charge in [0.25, 0.3) is 0 Å². The molecule has 74 valence electrons. The third kappa shape index (κ3) is 2.28. The van der Waals surface area contributed by atoms with Crippen molar-refractivity contribution in [2.24, 2.45) is 0 Å². The smallest absolute Gasteiger partial charge is 0.354 e. The molecule has 13 heavy (non-hydrogen) atoms. The number of rotatable bonds is 2. The van der Waals surface area contributed by atoms with Gasteiger partial charge in [-0.15, -0.1) is 17.5 Å². The topological polar surface area (TPSA) is 81.1 Å². The van der Waals surface area contributed by atoms with E-state index < -0.39 is 18.2 Å². The number of aromatic nitrogens is 2. The molecule has 0 aromatic carbocycles. The molecule has 0 saturated carbocycles. The van der Waals surface area contributed by atoms with Crippen LogP contribution in [0.3, 0.4) is 0 Å². The minimum Gasteiger partial charge on any atom is -0.477 e. The van der Waals surface area contributed by atoms with Crippen molar-refractivity contribution in [1.29, 1.82) is 0 Å². The molecule has 5 nitrogen and oxygen atoms in total. The molecule has 3 N–H and O–H groups in total. The van der Waals surface area contributed by atoms with Gasteiger partial charge >= 0.3 is 12.5 Å². The van der Waals surface area contributed by atoms with Crippen LogP contribution >= 0.6 is 12.4 Å². The van der Waals surface area contributed by atoms with E-state index in [1.807, 2.05) is 0 Å². The molecule has 0 aliphatic carbocycles. The zero-order valence-electron chi connectivity index (χ0n) is 6.15. The Bertz CT molecular complexity index is 315.